The van der Waals surface area contributed by atoms with Gasteiger partial charge in [0, 0.05) is 5.69 Å². The van der Waals surface area contributed by atoms with Gasteiger partial charge in [-0.3, -0.25) is 0 Å². The van der Waals surface area contributed by atoms with Gasteiger partial charge >= 0.3 is 6.03 Å². The number of carbonyl (C=O) groups excluding carboxylic acids is 1. The number of benzene rings is 2. The van der Waals surface area contributed by atoms with E-state index in [1.807, 2.05) is 24.3 Å². The van der Waals surface area contributed by atoms with Crippen LogP contribution in [0.1, 0.15) is 25.5 Å². The van der Waals surface area contributed by atoms with Crippen molar-refractivity contribution in [1.82, 2.24) is 5.32 Å². The molecule has 5 heteroatoms. The number of urea groups is 1. The second-order valence-electron chi connectivity index (χ2n) is 5.82. The van der Waals surface area contributed by atoms with E-state index in [9.17, 15) is 4.79 Å². The second kappa shape index (κ2) is 8.24. The Kier molecular flexibility index (Phi) is 6.07. The van der Waals surface area contributed by atoms with Crippen molar-refractivity contribution in [3.63, 3.8) is 0 Å². The van der Waals surface area contributed by atoms with Crippen molar-refractivity contribution in [1.29, 1.82) is 0 Å². The minimum absolute atomic E-state index is 0.0887. The molecule has 0 aromatic heterocycles. The van der Waals surface area contributed by atoms with Gasteiger partial charge in [-0.15, -0.1) is 0 Å². The number of methoxy groups -OCH3 is 2. The van der Waals surface area contributed by atoms with Crippen LogP contribution < -0.4 is 20.1 Å². The zero-order valence-corrected chi connectivity index (χ0v) is 14.5. The number of hydrogen-bond donors (Lipinski definition) is 2. The third-order valence-corrected chi connectivity index (χ3v) is 3.78. The fraction of sp³-hybridized carbons (Fsp3) is 0.316. The number of nitrogens with one attached hydrogen (secondary N) is 2. The molecule has 2 aromatic carbocycles. The average Bonchev–Trinajstić information content (AvgIpc) is 2.60. The number of anilines is 1. The lowest BCUT2D eigenvalue weighted by Crippen LogP contribution is -2.35. The van der Waals surface area contributed by atoms with Crippen LogP contribution in [0.2, 0.25) is 0 Å². The van der Waals surface area contributed by atoms with Crippen LogP contribution >= 0.6 is 0 Å². The first-order valence-electron chi connectivity index (χ1n) is 7.89. The molecular weight excluding hydrogens is 304 g/mol. The predicted molar refractivity (Wildman–Crippen MR) is 95.7 cm³/mol. The zero-order valence-electron chi connectivity index (χ0n) is 14.5. The predicted octanol–water partition coefficient (Wildman–Crippen LogP) is 4.22. The van der Waals surface area contributed by atoms with Crippen LogP contribution in [0.4, 0.5) is 10.5 Å². The van der Waals surface area contributed by atoms with E-state index in [-0.39, 0.29) is 18.0 Å². The first-order chi connectivity index (χ1) is 11.5. The third-order valence-electron chi connectivity index (χ3n) is 3.78. The Balaban J connectivity index is 2.04. The Morgan fingerprint density at radius 2 is 1.38 bits per heavy atom. The van der Waals surface area contributed by atoms with Crippen LogP contribution in [-0.4, -0.2) is 20.3 Å². The van der Waals surface area contributed by atoms with Crippen molar-refractivity contribution in [2.24, 2.45) is 5.92 Å². The van der Waals surface area contributed by atoms with Crippen LogP contribution in [0.3, 0.4) is 0 Å². The highest BCUT2D eigenvalue weighted by Crippen LogP contribution is 2.24. The molecule has 0 saturated heterocycles. The molecule has 0 aliphatic heterocycles. The lowest BCUT2D eigenvalue weighted by molar-refractivity contribution is 0.244. The largest absolute Gasteiger partial charge is 0.497 e. The van der Waals surface area contributed by atoms with E-state index in [1.54, 1.807) is 38.5 Å². The van der Waals surface area contributed by atoms with Gasteiger partial charge < -0.3 is 20.1 Å². The van der Waals surface area contributed by atoms with Crippen molar-refractivity contribution in [3.05, 3.63) is 54.1 Å². The fourth-order valence-corrected chi connectivity index (χ4v) is 2.43. The van der Waals surface area contributed by atoms with Crippen LogP contribution in [-0.2, 0) is 0 Å². The number of carbonyl (C=O) groups is 1. The molecule has 2 aromatic rings. The van der Waals surface area contributed by atoms with E-state index in [2.05, 4.69) is 24.5 Å². The summed E-state index contributed by atoms with van der Waals surface area (Å²) in [6.07, 6.45) is 0. The van der Waals surface area contributed by atoms with Gasteiger partial charge in [0.05, 0.1) is 20.3 Å². The summed E-state index contributed by atoms with van der Waals surface area (Å²) in [5, 5.41) is 5.87. The normalized spacial score (nSPS) is 11.7. The Hall–Kier alpha value is -2.69. The molecule has 0 aliphatic carbocycles. The molecule has 0 bridgehead atoms. The van der Waals surface area contributed by atoms with Gasteiger partial charge in [0.1, 0.15) is 11.5 Å². The summed E-state index contributed by atoms with van der Waals surface area (Å²) in [5.74, 6) is 1.79. The Bertz CT molecular complexity index is 651. The quantitative estimate of drug-likeness (QED) is 0.834. The van der Waals surface area contributed by atoms with Gasteiger partial charge in [0.25, 0.3) is 0 Å². The maximum Gasteiger partial charge on any atom is 0.319 e. The average molecular weight is 328 g/mol. The summed E-state index contributed by atoms with van der Waals surface area (Å²) in [6, 6.07) is 14.6. The van der Waals surface area contributed by atoms with Gasteiger partial charge in [-0.25, -0.2) is 4.79 Å². The van der Waals surface area contributed by atoms with Crippen molar-refractivity contribution < 1.29 is 14.3 Å². The highest BCUT2D eigenvalue weighted by molar-refractivity contribution is 5.89. The maximum atomic E-state index is 12.3. The Morgan fingerprint density at radius 1 is 0.875 bits per heavy atom. The first kappa shape index (κ1) is 17.7. The van der Waals surface area contributed by atoms with Crippen LogP contribution in [0, 0.1) is 5.92 Å². The molecule has 1 unspecified atom stereocenters. The molecule has 1 atom stereocenters. The SMILES string of the molecule is COc1ccc(NC(=O)NC(c2ccc(OC)cc2)C(C)C)cc1. The summed E-state index contributed by atoms with van der Waals surface area (Å²) in [6.45, 7) is 4.14. The molecule has 0 saturated carbocycles. The second-order valence-corrected chi connectivity index (χ2v) is 5.82. The molecule has 24 heavy (non-hydrogen) atoms. The Labute approximate surface area is 143 Å². The maximum absolute atomic E-state index is 12.3. The number of amides is 2. The summed E-state index contributed by atoms with van der Waals surface area (Å²) in [4.78, 5) is 12.3. The molecule has 0 spiro atoms. The fourth-order valence-electron chi connectivity index (χ4n) is 2.43. The van der Waals surface area contributed by atoms with Crippen molar-refractivity contribution in [2.75, 3.05) is 19.5 Å². The lowest BCUT2D eigenvalue weighted by atomic mass is 9.96. The van der Waals surface area contributed by atoms with Crippen molar-refractivity contribution in [3.8, 4) is 11.5 Å². The van der Waals surface area contributed by atoms with Gasteiger partial charge in [-0.05, 0) is 47.9 Å². The molecular formula is C19H24N2O3. The van der Waals surface area contributed by atoms with Gasteiger partial charge in [-0.1, -0.05) is 26.0 Å². The van der Waals surface area contributed by atoms with Crippen LogP contribution in [0.15, 0.2) is 48.5 Å². The zero-order chi connectivity index (χ0) is 17.5. The number of hydrogen-bond acceptors (Lipinski definition) is 3. The van der Waals surface area contributed by atoms with Crippen LogP contribution in [0.25, 0.3) is 0 Å². The minimum Gasteiger partial charge on any atom is -0.497 e. The van der Waals surface area contributed by atoms with Gasteiger partial charge in [0.15, 0.2) is 0 Å². The highest BCUT2D eigenvalue weighted by Gasteiger charge is 2.18. The van der Waals surface area contributed by atoms with Gasteiger partial charge in [0.2, 0.25) is 0 Å². The lowest BCUT2D eigenvalue weighted by Gasteiger charge is -2.23. The van der Waals surface area contributed by atoms with E-state index in [0.717, 1.165) is 17.1 Å². The number of ether oxygens (including phenoxy) is 2. The van der Waals surface area contributed by atoms with E-state index in [0.29, 0.717) is 5.69 Å². The molecule has 0 aliphatic rings. The summed E-state index contributed by atoms with van der Waals surface area (Å²) in [5.41, 5.74) is 1.75. The summed E-state index contributed by atoms with van der Waals surface area (Å²) in [7, 11) is 3.24. The standard InChI is InChI=1S/C19H24N2O3/c1-13(2)18(14-5-9-16(23-3)10-6-14)21-19(22)20-15-7-11-17(24-4)12-8-15/h5-13,18H,1-4H3,(H2,20,21,22). The molecule has 2 N–H and O–H groups in total. The van der Waals surface area contributed by atoms with Crippen molar-refractivity contribution >= 4 is 11.7 Å². The highest BCUT2D eigenvalue weighted by atomic mass is 16.5. The van der Waals surface area contributed by atoms with E-state index in [4.69, 9.17) is 9.47 Å². The molecule has 2 amide bonds. The number of rotatable bonds is 6. The topological polar surface area (TPSA) is 59.6 Å². The van der Waals surface area contributed by atoms with Crippen LogP contribution in [0.5, 0.6) is 11.5 Å². The van der Waals surface area contributed by atoms with E-state index >= 15 is 0 Å². The molecule has 0 fully saturated rings. The summed E-state index contributed by atoms with van der Waals surface area (Å²) < 4.78 is 10.3. The van der Waals surface area contributed by atoms with E-state index < -0.39 is 0 Å². The Morgan fingerprint density at radius 3 is 1.83 bits per heavy atom. The first-order valence-corrected chi connectivity index (χ1v) is 7.89. The molecule has 0 radical (unpaired) electrons. The molecule has 2 rings (SSSR count). The molecule has 0 heterocycles. The van der Waals surface area contributed by atoms with Gasteiger partial charge in [-0.2, -0.15) is 0 Å². The monoisotopic (exact) mass is 328 g/mol. The minimum atomic E-state index is -0.241. The summed E-state index contributed by atoms with van der Waals surface area (Å²) >= 11 is 0. The third kappa shape index (κ3) is 4.65. The smallest absolute Gasteiger partial charge is 0.319 e. The van der Waals surface area contributed by atoms with E-state index in [1.165, 1.54) is 0 Å². The molecule has 5 nitrogen and oxygen atoms in total. The van der Waals surface area contributed by atoms with Crippen molar-refractivity contribution in [2.45, 2.75) is 19.9 Å². The molecule has 128 valence electrons.